The van der Waals surface area contributed by atoms with Crippen molar-refractivity contribution in [3.05, 3.63) is 54.4 Å². The van der Waals surface area contributed by atoms with Gasteiger partial charge in [-0.15, -0.1) is 0 Å². The standard InChI is InChI=1S/C17H17N3O3S/c21-24(22,13-5-2-1-3-6-13)20-12-8-9-14-15(11-12)19-17(18-14)16-7-4-10-23-16/h1-3,5-6,8-9,11,16,20H,4,7,10H2,(H,18,19)/t16-/m0/s1. The Hall–Kier alpha value is -2.38. The lowest BCUT2D eigenvalue weighted by atomic mass is 10.2. The molecule has 24 heavy (non-hydrogen) atoms. The lowest BCUT2D eigenvalue weighted by Gasteiger charge is -2.07. The molecule has 1 aromatic heterocycles. The number of aromatic amines is 1. The summed E-state index contributed by atoms with van der Waals surface area (Å²) in [6, 6.07) is 13.6. The lowest BCUT2D eigenvalue weighted by molar-refractivity contribution is 0.106. The molecule has 3 aromatic rings. The zero-order chi connectivity index (χ0) is 16.6. The van der Waals surface area contributed by atoms with E-state index in [4.69, 9.17) is 4.74 Å². The second-order valence-corrected chi connectivity index (χ2v) is 7.46. The molecule has 2 N–H and O–H groups in total. The summed E-state index contributed by atoms with van der Waals surface area (Å²) in [6.07, 6.45) is 1.99. The van der Waals surface area contributed by atoms with Crippen molar-refractivity contribution < 1.29 is 13.2 Å². The van der Waals surface area contributed by atoms with Gasteiger partial charge in [-0.1, -0.05) is 18.2 Å². The minimum atomic E-state index is -3.60. The SMILES string of the molecule is O=S(=O)(Nc1ccc2nc([C@@H]3CCCO3)[nH]c2c1)c1ccccc1. The molecule has 1 saturated heterocycles. The molecule has 7 heteroatoms. The largest absolute Gasteiger partial charge is 0.370 e. The molecule has 124 valence electrons. The van der Waals surface area contributed by atoms with Crippen molar-refractivity contribution in [3.63, 3.8) is 0 Å². The fraction of sp³-hybridized carbons (Fsp3) is 0.235. The number of hydrogen-bond acceptors (Lipinski definition) is 4. The van der Waals surface area contributed by atoms with Crippen LogP contribution < -0.4 is 4.72 Å². The summed E-state index contributed by atoms with van der Waals surface area (Å²) in [6.45, 7) is 0.754. The van der Waals surface area contributed by atoms with E-state index >= 15 is 0 Å². The average molecular weight is 343 g/mol. The number of hydrogen-bond donors (Lipinski definition) is 2. The highest BCUT2D eigenvalue weighted by Crippen LogP contribution is 2.29. The topological polar surface area (TPSA) is 84.1 Å². The van der Waals surface area contributed by atoms with E-state index in [9.17, 15) is 8.42 Å². The van der Waals surface area contributed by atoms with Crippen molar-refractivity contribution in [3.8, 4) is 0 Å². The minimum absolute atomic E-state index is 0.00172. The summed E-state index contributed by atoms with van der Waals surface area (Å²) in [4.78, 5) is 8.00. The Balaban J connectivity index is 1.63. The number of nitrogens with one attached hydrogen (secondary N) is 2. The highest BCUT2D eigenvalue weighted by atomic mass is 32.2. The highest BCUT2D eigenvalue weighted by molar-refractivity contribution is 7.92. The van der Waals surface area contributed by atoms with Crippen molar-refractivity contribution >= 4 is 26.7 Å². The Morgan fingerprint density at radius 3 is 2.75 bits per heavy atom. The van der Waals surface area contributed by atoms with Gasteiger partial charge in [-0.2, -0.15) is 0 Å². The van der Waals surface area contributed by atoms with Gasteiger partial charge < -0.3 is 9.72 Å². The predicted molar refractivity (Wildman–Crippen MR) is 91.3 cm³/mol. The number of H-pyrrole nitrogens is 1. The number of imidazole rings is 1. The zero-order valence-electron chi connectivity index (χ0n) is 12.9. The van der Waals surface area contributed by atoms with Gasteiger partial charge in [0.2, 0.25) is 0 Å². The Bertz CT molecular complexity index is 961. The summed E-state index contributed by atoms with van der Waals surface area (Å²) in [7, 11) is -3.60. The molecule has 1 fully saturated rings. The van der Waals surface area contributed by atoms with Gasteiger partial charge in [0.1, 0.15) is 11.9 Å². The number of anilines is 1. The van der Waals surface area contributed by atoms with Crippen molar-refractivity contribution in [2.24, 2.45) is 0 Å². The van der Waals surface area contributed by atoms with Gasteiger partial charge in [0.25, 0.3) is 10.0 Å². The first kappa shape index (κ1) is 15.2. The second kappa shape index (κ2) is 5.92. The third kappa shape index (κ3) is 2.88. The second-order valence-electron chi connectivity index (χ2n) is 5.77. The normalized spacial score (nSPS) is 18.1. The summed E-state index contributed by atoms with van der Waals surface area (Å²) in [5, 5.41) is 0. The Morgan fingerprint density at radius 1 is 1.17 bits per heavy atom. The van der Waals surface area contributed by atoms with Crippen molar-refractivity contribution in [2.45, 2.75) is 23.8 Å². The number of rotatable bonds is 4. The van der Waals surface area contributed by atoms with Crippen LogP contribution in [0.15, 0.2) is 53.4 Å². The monoisotopic (exact) mass is 343 g/mol. The molecule has 6 nitrogen and oxygen atoms in total. The van der Waals surface area contributed by atoms with E-state index in [-0.39, 0.29) is 11.0 Å². The van der Waals surface area contributed by atoms with E-state index in [1.807, 2.05) is 0 Å². The number of sulfonamides is 1. The smallest absolute Gasteiger partial charge is 0.261 e. The van der Waals surface area contributed by atoms with Crippen LogP contribution in [0.25, 0.3) is 11.0 Å². The van der Waals surface area contributed by atoms with Crippen LogP contribution in [0.1, 0.15) is 24.8 Å². The lowest BCUT2D eigenvalue weighted by Crippen LogP contribution is -2.12. The number of aromatic nitrogens is 2. The van der Waals surface area contributed by atoms with Gasteiger partial charge in [-0.05, 0) is 43.2 Å². The molecule has 1 aliphatic rings. The molecular formula is C17H17N3O3S. The summed E-state index contributed by atoms with van der Waals surface area (Å²) in [5.41, 5.74) is 2.07. The number of benzene rings is 2. The first-order valence-electron chi connectivity index (χ1n) is 7.81. The molecule has 1 aliphatic heterocycles. The van der Waals surface area contributed by atoms with Crippen LogP contribution in [0, 0.1) is 0 Å². The Kier molecular flexibility index (Phi) is 3.74. The van der Waals surface area contributed by atoms with Crippen LogP contribution in [0.3, 0.4) is 0 Å². The maximum absolute atomic E-state index is 12.4. The van der Waals surface area contributed by atoms with E-state index in [1.54, 1.807) is 48.5 Å². The molecule has 0 saturated carbocycles. The molecule has 0 amide bonds. The molecule has 2 heterocycles. The summed E-state index contributed by atoms with van der Waals surface area (Å²) in [5.74, 6) is 0.797. The molecule has 2 aromatic carbocycles. The van der Waals surface area contributed by atoms with Gasteiger partial charge >= 0.3 is 0 Å². The molecule has 0 spiro atoms. The first-order chi connectivity index (χ1) is 11.6. The Morgan fingerprint density at radius 2 is 2.00 bits per heavy atom. The first-order valence-corrected chi connectivity index (χ1v) is 9.29. The molecule has 0 bridgehead atoms. The van der Waals surface area contributed by atoms with Gasteiger partial charge in [-0.25, -0.2) is 13.4 Å². The molecule has 4 rings (SSSR count). The van der Waals surface area contributed by atoms with E-state index in [0.29, 0.717) is 5.69 Å². The fourth-order valence-corrected chi connectivity index (χ4v) is 3.92. The quantitative estimate of drug-likeness (QED) is 0.762. The highest BCUT2D eigenvalue weighted by Gasteiger charge is 2.21. The molecule has 0 unspecified atom stereocenters. The third-order valence-corrected chi connectivity index (χ3v) is 5.44. The zero-order valence-corrected chi connectivity index (χ0v) is 13.7. The maximum atomic E-state index is 12.4. The van der Waals surface area contributed by atoms with Crippen LogP contribution >= 0.6 is 0 Å². The van der Waals surface area contributed by atoms with Crippen LogP contribution in [-0.2, 0) is 14.8 Å². The van der Waals surface area contributed by atoms with Gasteiger partial charge in [0, 0.05) is 6.61 Å². The average Bonchev–Trinajstić information content (AvgIpc) is 3.24. The Labute approximate surface area is 139 Å². The van der Waals surface area contributed by atoms with Crippen molar-refractivity contribution in [1.82, 2.24) is 9.97 Å². The van der Waals surface area contributed by atoms with Crippen LogP contribution in [-0.4, -0.2) is 25.0 Å². The number of fused-ring (bicyclic) bond motifs is 1. The summed E-state index contributed by atoms with van der Waals surface area (Å²) >= 11 is 0. The van der Waals surface area contributed by atoms with Gasteiger partial charge in [0.05, 0.1) is 21.6 Å². The molecule has 0 radical (unpaired) electrons. The van der Waals surface area contributed by atoms with E-state index < -0.39 is 10.0 Å². The van der Waals surface area contributed by atoms with Crippen LogP contribution in [0.5, 0.6) is 0 Å². The van der Waals surface area contributed by atoms with E-state index in [2.05, 4.69) is 14.7 Å². The van der Waals surface area contributed by atoms with Crippen molar-refractivity contribution in [1.29, 1.82) is 0 Å². The minimum Gasteiger partial charge on any atom is -0.370 e. The van der Waals surface area contributed by atoms with Gasteiger partial charge in [-0.3, -0.25) is 4.72 Å². The van der Waals surface area contributed by atoms with Crippen LogP contribution in [0.2, 0.25) is 0 Å². The third-order valence-electron chi connectivity index (χ3n) is 4.04. The maximum Gasteiger partial charge on any atom is 0.261 e. The summed E-state index contributed by atoms with van der Waals surface area (Å²) < 4.78 is 33.0. The molecule has 1 atom stereocenters. The number of ether oxygens (including phenoxy) is 1. The molecule has 0 aliphatic carbocycles. The molecular weight excluding hydrogens is 326 g/mol. The predicted octanol–water partition coefficient (Wildman–Crippen LogP) is 3.22. The van der Waals surface area contributed by atoms with Gasteiger partial charge in [0.15, 0.2) is 0 Å². The van der Waals surface area contributed by atoms with E-state index in [0.717, 1.165) is 36.3 Å². The fourth-order valence-electron chi connectivity index (χ4n) is 2.85. The number of nitrogens with zero attached hydrogens (tertiary/aromatic N) is 1. The van der Waals surface area contributed by atoms with Crippen molar-refractivity contribution in [2.75, 3.05) is 11.3 Å². The van der Waals surface area contributed by atoms with Crippen LogP contribution in [0.4, 0.5) is 5.69 Å². The van der Waals surface area contributed by atoms with E-state index in [1.165, 1.54) is 0 Å².